The average molecular weight is 417 g/mol. The minimum atomic E-state index is -3.75. The van der Waals surface area contributed by atoms with E-state index in [2.05, 4.69) is 15.9 Å². The molecule has 2 rings (SSSR count). The van der Waals surface area contributed by atoms with Crippen LogP contribution in [-0.2, 0) is 9.05 Å². The summed E-state index contributed by atoms with van der Waals surface area (Å²) in [5.74, 6) is 0.774. The molecule has 0 atom stereocenters. The molecule has 0 saturated heterocycles. The Bertz CT molecular complexity index is 745. The quantitative estimate of drug-likeness (QED) is 0.492. The van der Waals surface area contributed by atoms with Gasteiger partial charge in [0.2, 0.25) is 0 Å². The Hall–Kier alpha value is -0.460. The second kappa shape index (κ2) is 6.12. The number of hydrogen-bond acceptors (Lipinski definition) is 3. The van der Waals surface area contributed by atoms with E-state index in [9.17, 15) is 8.42 Å². The van der Waals surface area contributed by atoms with Gasteiger partial charge in [-0.25, -0.2) is 8.42 Å². The Kier molecular flexibility index (Phi) is 4.87. The Balaban J connectivity index is 2.29. The van der Waals surface area contributed by atoms with Crippen LogP contribution in [0.1, 0.15) is 0 Å². The van der Waals surface area contributed by atoms with Crippen LogP contribution in [0.5, 0.6) is 11.5 Å². The van der Waals surface area contributed by atoms with Crippen molar-refractivity contribution in [2.45, 2.75) is 4.90 Å². The monoisotopic (exact) mass is 414 g/mol. The minimum Gasteiger partial charge on any atom is -0.456 e. The van der Waals surface area contributed by atoms with Gasteiger partial charge in [0.25, 0.3) is 9.05 Å². The maximum Gasteiger partial charge on any atom is 0.261 e. The largest absolute Gasteiger partial charge is 0.456 e. The molecule has 0 fully saturated rings. The first kappa shape index (κ1) is 15.9. The van der Waals surface area contributed by atoms with Crippen LogP contribution in [0.15, 0.2) is 45.8 Å². The van der Waals surface area contributed by atoms with Gasteiger partial charge in [-0.05, 0) is 46.3 Å². The predicted octanol–water partition coefficient (Wildman–Crippen LogP) is 5.48. The van der Waals surface area contributed by atoms with E-state index in [1.54, 1.807) is 12.1 Å². The van der Waals surface area contributed by atoms with Gasteiger partial charge in [0, 0.05) is 21.2 Å². The molecule has 0 N–H and O–H groups in total. The van der Waals surface area contributed by atoms with Gasteiger partial charge in [-0.2, -0.15) is 0 Å². The molecule has 3 nitrogen and oxygen atoms in total. The van der Waals surface area contributed by atoms with E-state index in [1.165, 1.54) is 24.3 Å². The van der Waals surface area contributed by atoms with E-state index in [1.807, 2.05) is 0 Å². The van der Waals surface area contributed by atoms with Crippen LogP contribution in [0.4, 0.5) is 0 Å². The third-order valence-corrected chi connectivity index (χ3v) is 5.17. The van der Waals surface area contributed by atoms with E-state index in [0.717, 1.165) is 0 Å². The number of halogens is 4. The summed E-state index contributed by atoms with van der Waals surface area (Å²) in [6.45, 7) is 0. The lowest BCUT2D eigenvalue weighted by molar-refractivity contribution is 0.482. The maximum absolute atomic E-state index is 11.1. The lowest BCUT2D eigenvalue weighted by Crippen LogP contribution is -1.91. The molecule has 0 heterocycles. The highest BCUT2D eigenvalue weighted by Crippen LogP contribution is 2.36. The zero-order chi connectivity index (χ0) is 14.9. The highest BCUT2D eigenvalue weighted by molar-refractivity contribution is 9.10. The van der Waals surface area contributed by atoms with Crippen molar-refractivity contribution in [2.24, 2.45) is 0 Å². The predicted molar refractivity (Wildman–Crippen MR) is 83.7 cm³/mol. The number of hydrogen-bond donors (Lipinski definition) is 0. The Morgan fingerprint density at radius 3 is 2.15 bits per heavy atom. The van der Waals surface area contributed by atoms with Crippen LogP contribution < -0.4 is 4.74 Å². The van der Waals surface area contributed by atoms with E-state index >= 15 is 0 Å². The van der Waals surface area contributed by atoms with Crippen molar-refractivity contribution in [2.75, 3.05) is 0 Å². The molecule has 0 aliphatic heterocycles. The lowest BCUT2D eigenvalue weighted by Gasteiger charge is -2.09. The molecule has 8 heteroatoms. The molecule has 0 unspecified atom stereocenters. The molecule has 20 heavy (non-hydrogen) atoms. The molecule has 106 valence electrons. The van der Waals surface area contributed by atoms with Crippen molar-refractivity contribution in [1.29, 1.82) is 0 Å². The van der Waals surface area contributed by atoms with Crippen molar-refractivity contribution in [3.05, 3.63) is 50.9 Å². The van der Waals surface area contributed by atoms with Crippen molar-refractivity contribution < 1.29 is 13.2 Å². The van der Waals surface area contributed by atoms with Gasteiger partial charge < -0.3 is 4.74 Å². The number of benzene rings is 2. The Morgan fingerprint density at radius 2 is 1.60 bits per heavy atom. The molecule has 0 amide bonds. The van der Waals surface area contributed by atoms with Gasteiger partial charge in [-0.3, -0.25) is 0 Å². The molecular formula is C12H6BrCl3O3S. The average Bonchev–Trinajstić information content (AvgIpc) is 2.35. The summed E-state index contributed by atoms with van der Waals surface area (Å²) < 4.78 is 28.4. The Morgan fingerprint density at radius 1 is 1.00 bits per heavy atom. The topological polar surface area (TPSA) is 43.4 Å². The van der Waals surface area contributed by atoms with Crippen molar-refractivity contribution >= 4 is 58.9 Å². The first-order chi connectivity index (χ1) is 9.27. The number of ether oxygens (including phenoxy) is 1. The second-order valence-electron chi connectivity index (χ2n) is 3.71. The van der Waals surface area contributed by atoms with E-state index < -0.39 is 9.05 Å². The first-order valence-corrected chi connectivity index (χ1v) is 9.00. The zero-order valence-corrected chi connectivity index (χ0v) is 14.3. The van der Waals surface area contributed by atoms with Gasteiger partial charge >= 0.3 is 0 Å². The molecule has 2 aromatic carbocycles. The number of rotatable bonds is 3. The third kappa shape index (κ3) is 3.80. The van der Waals surface area contributed by atoms with E-state index in [0.29, 0.717) is 26.0 Å². The van der Waals surface area contributed by atoms with Gasteiger partial charge in [0.15, 0.2) is 0 Å². The van der Waals surface area contributed by atoms with Crippen molar-refractivity contribution in [3.63, 3.8) is 0 Å². The molecule has 0 saturated carbocycles. The normalized spacial score (nSPS) is 11.4. The standard InChI is InChI=1S/C12H6BrCl3O3S/c13-9-5-11(15)12(6-10(9)14)19-7-1-3-8(4-2-7)20(16,17)18/h1-6H. The summed E-state index contributed by atoms with van der Waals surface area (Å²) in [5, 5.41) is 0.819. The molecule has 2 aromatic rings. The molecule has 0 aliphatic carbocycles. The molecule has 0 aromatic heterocycles. The fourth-order valence-electron chi connectivity index (χ4n) is 1.38. The van der Waals surface area contributed by atoms with E-state index in [4.69, 9.17) is 38.6 Å². The van der Waals surface area contributed by atoms with Crippen LogP contribution in [0.3, 0.4) is 0 Å². The minimum absolute atomic E-state index is 0.00791. The molecule has 0 aliphatic rings. The summed E-state index contributed by atoms with van der Waals surface area (Å²) in [5.41, 5.74) is 0. The van der Waals surface area contributed by atoms with Gasteiger partial charge in [0.05, 0.1) is 14.9 Å². The smallest absolute Gasteiger partial charge is 0.261 e. The molecular weight excluding hydrogens is 410 g/mol. The van der Waals surface area contributed by atoms with Crippen molar-refractivity contribution in [1.82, 2.24) is 0 Å². The summed E-state index contributed by atoms with van der Waals surface area (Å²) in [4.78, 5) is -0.00791. The molecule has 0 spiro atoms. The second-order valence-corrected chi connectivity index (χ2v) is 7.94. The summed E-state index contributed by atoms with van der Waals surface area (Å²) in [6.07, 6.45) is 0. The fraction of sp³-hybridized carbons (Fsp3) is 0. The van der Waals surface area contributed by atoms with Gasteiger partial charge in [0.1, 0.15) is 11.5 Å². The summed E-state index contributed by atoms with van der Waals surface area (Å²) in [6, 6.07) is 8.79. The van der Waals surface area contributed by atoms with Crippen LogP contribution in [0, 0.1) is 0 Å². The SMILES string of the molecule is O=S(=O)(Cl)c1ccc(Oc2cc(Cl)c(Br)cc2Cl)cc1. The van der Waals surface area contributed by atoms with Crippen LogP contribution >= 0.6 is 49.8 Å². The highest BCUT2D eigenvalue weighted by Gasteiger charge is 2.11. The first-order valence-electron chi connectivity index (χ1n) is 5.14. The van der Waals surface area contributed by atoms with Crippen molar-refractivity contribution in [3.8, 4) is 11.5 Å². The molecule has 0 bridgehead atoms. The van der Waals surface area contributed by atoms with Gasteiger partial charge in [-0.15, -0.1) is 0 Å². The van der Waals surface area contributed by atoms with E-state index in [-0.39, 0.29) is 4.90 Å². The third-order valence-electron chi connectivity index (χ3n) is 2.31. The maximum atomic E-state index is 11.1. The highest BCUT2D eigenvalue weighted by atomic mass is 79.9. The summed E-state index contributed by atoms with van der Waals surface area (Å²) in [7, 11) is 1.47. The van der Waals surface area contributed by atoms with Crippen LogP contribution in [-0.4, -0.2) is 8.42 Å². The van der Waals surface area contributed by atoms with Crippen LogP contribution in [0.2, 0.25) is 10.0 Å². The van der Waals surface area contributed by atoms with Gasteiger partial charge in [-0.1, -0.05) is 23.2 Å². The molecule has 0 radical (unpaired) electrons. The fourth-order valence-corrected chi connectivity index (χ4v) is 2.98. The zero-order valence-electron chi connectivity index (χ0n) is 9.61. The lowest BCUT2D eigenvalue weighted by atomic mass is 10.3. The van der Waals surface area contributed by atoms with Crippen LogP contribution in [0.25, 0.3) is 0 Å². The summed E-state index contributed by atoms with van der Waals surface area (Å²) >= 11 is 15.2. The Labute approximate surface area is 139 Å².